The lowest BCUT2D eigenvalue weighted by atomic mass is 9.99. The molecule has 0 bridgehead atoms. The van der Waals surface area contributed by atoms with Crippen LogP contribution in [0.3, 0.4) is 0 Å². The molecule has 0 aliphatic heterocycles. The molecule has 0 fully saturated rings. The van der Waals surface area contributed by atoms with Crippen molar-refractivity contribution >= 4 is 0 Å². The molecule has 0 unspecified atom stereocenters. The lowest BCUT2D eigenvalue weighted by Crippen LogP contribution is -1.98. The molecule has 0 heterocycles. The molecular formula is C13H13NO2. The van der Waals surface area contributed by atoms with Crippen LogP contribution >= 0.6 is 0 Å². The zero-order valence-electron chi connectivity index (χ0n) is 8.72. The number of aromatic hydroxyl groups is 2. The van der Waals surface area contributed by atoms with E-state index in [-0.39, 0.29) is 11.5 Å². The topological polar surface area (TPSA) is 66.5 Å². The van der Waals surface area contributed by atoms with Gasteiger partial charge in [-0.15, -0.1) is 0 Å². The van der Waals surface area contributed by atoms with Crippen molar-refractivity contribution in [2.45, 2.75) is 6.54 Å². The second kappa shape index (κ2) is 4.24. The number of phenols is 2. The zero-order valence-corrected chi connectivity index (χ0v) is 8.72. The maximum atomic E-state index is 9.76. The van der Waals surface area contributed by atoms with Crippen molar-refractivity contribution in [3.63, 3.8) is 0 Å². The Labute approximate surface area is 93.8 Å². The van der Waals surface area contributed by atoms with E-state index in [1.807, 2.05) is 24.3 Å². The summed E-state index contributed by atoms with van der Waals surface area (Å²) in [6, 6.07) is 12.0. The van der Waals surface area contributed by atoms with Gasteiger partial charge in [-0.3, -0.25) is 0 Å². The minimum Gasteiger partial charge on any atom is -0.508 e. The number of hydrogen-bond acceptors (Lipinski definition) is 3. The molecule has 0 aromatic heterocycles. The van der Waals surface area contributed by atoms with Gasteiger partial charge in [0.1, 0.15) is 11.5 Å². The smallest absolute Gasteiger partial charge is 0.123 e. The van der Waals surface area contributed by atoms with Crippen LogP contribution in [0, 0.1) is 0 Å². The highest BCUT2D eigenvalue weighted by molar-refractivity contribution is 5.74. The minimum atomic E-state index is 0.125. The Hall–Kier alpha value is -2.00. The van der Waals surface area contributed by atoms with Gasteiger partial charge in [-0.1, -0.05) is 24.3 Å². The van der Waals surface area contributed by atoms with Crippen molar-refractivity contribution in [1.29, 1.82) is 0 Å². The lowest BCUT2D eigenvalue weighted by Gasteiger charge is -2.09. The van der Waals surface area contributed by atoms with E-state index in [0.717, 1.165) is 11.1 Å². The SMILES string of the molecule is NCc1ccccc1-c1cc(O)ccc1O. The van der Waals surface area contributed by atoms with Crippen LogP contribution in [0.2, 0.25) is 0 Å². The highest BCUT2D eigenvalue weighted by Gasteiger charge is 2.08. The summed E-state index contributed by atoms with van der Waals surface area (Å²) in [5, 5.41) is 19.2. The predicted octanol–water partition coefficient (Wildman–Crippen LogP) is 2.22. The molecule has 16 heavy (non-hydrogen) atoms. The molecule has 0 spiro atoms. The monoisotopic (exact) mass is 215 g/mol. The zero-order chi connectivity index (χ0) is 11.5. The Balaban J connectivity index is 2.62. The number of phenolic OH excluding ortho intramolecular Hbond substituents is 2. The van der Waals surface area contributed by atoms with Crippen LogP contribution in [-0.2, 0) is 6.54 Å². The number of nitrogens with two attached hydrogens (primary N) is 1. The quantitative estimate of drug-likeness (QED) is 0.673. The molecule has 3 heteroatoms. The second-order valence-corrected chi connectivity index (χ2v) is 3.56. The van der Waals surface area contributed by atoms with E-state index in [1.165, 1.54) is 18.2 Å². The van der Waals surface area contributed by atoms with E-state index in [1.54, 1.807) is 0 Å². The fourth-order valence-corrected chi connectivity index (χ4v) is 1.70. The Morgan fingerprint density at radius 3 is 2.44 bits per heavy atom. The first-order valence-corrected chi connectivity index (χ1v) is 5.02. The lowest BCUT2D eigenvalue weighted by molar-refractivity contribution is 0.462. The summed E-state index contributed by atoms with van der Waals surface area (Å²) in [5.41, 5.74) is 8.01. The van der Waals surface area contributed by atoms with Gasteiger partial charge < -0.3 is 15.9 Å². The van der Waals surface area contributed by atoms with Crippen LogP contribution in [0.15, 0.2) is 42.5 Å². The number of rotatable bonds is 2. The first-order valence-electron chi connectivity index (χ1n) is 5.02. The normalized spacial score (nSPS) is 10.3. The molecule has 0 saturated carbocycles. The van der Waals surface area contributed by atoms with Crippen LogP contribution in [0.25, 0.3) is 11.1 Å². The van der Waals surface area contributed by atoms with Crippen molar-refractivity contribution in [2.24, 2.45) is 5.73 Å². The van der Waals surface area contributed by atoms with E-state index in [4.69, 9.17) is 5.73 Å². The third kappa shape index (κ3) is 1.85. The number of hydrogen-bond donors (Lipinski definition) is 3. The van der Waals surface area contributed by atoms with Gasteiger partial charge in [0, 0.05) is 12.1 Å². The Bertz CT molecular complexity index is 509. The molecule has 4 N–H and O–H groups in total. The van der Waals surface area contributed by atoms with Gasteiger partial charge in [-0.25, -0.2) is 0 Å². The van der Waals surface area contributed by atoms with Gasteiger partial charge in [0.05, 0.1) is 0 Å². The van der Waals surface area contributed by atoms with Gasteiger partial charge in [-0.05, 0) is 29.3 Å². The largest absolute Gasteiger partial charge is 0.508 e. The third-order valence-corrected chi connectivity index (χ3v) is 2.51. The first kappa shape index (κ1) is 10.5. The standard InChI is InChI=1S/C13H13NO2/c14-8-9-3-1-2-4-11(9)12-7-10(15)5-6-13(12)16/h1-7,15-16H,8,14H2. The molecule has 82 valence electrons. The molecule has 2 aromatic carbocycles. The average Bonchev–Trinajstić information content (AvgIpc) is 2.32. The summed E-state index contributed by atoms with van der Waals surface area (Å²) >= 11 is 0. The Morgan fingerprint density at radius 1 is 0.938 bits per heavy atom. The van der Waals surface area contributed by atoms with E-state index in [0.29, 0.717) is 12.1 Å². The van der Waals surface area contributed by atoms with E-state index >= 15 is 0 Å². The summed E-state index contributed by atoms with van der Waals surface area (Å²) in [6.07, 6.45) is 0. The molecule has 0 amide bonds. The van der Waals surface area contributed by atoms with Gasteiger partial charge in [-0.2, -0.15) is 0 Å². The molecule has 0 radical (unpaired) electrons. The van der Waals surface area contributed by atoms with Crippen molar-refractivity contribution in [2.75, 3.05) is 0 Å². The summed E-state index contributed by atoms with van der Waals surface area (Å²) in [6.45, 7) is 0.394. The Morgan fingerprint density at radius 2 is 1.69 bits per heavy atom. The van der Waals surface area contributed by atoms with Crippen molar-refractivity contribution < 1.29 is 10.2 Å². The fourth-order valence-electron chi connectivity index (χ4n) is 1.70. The van der Waals surface area contributed by atoms with Gasteiger partial charge in [0.15, 0.2) is 0 Å². The average molecular weight is 215 g/mol. The van der Waals surface area contributed by atoms with Crippen molar-refractivity contribution in [3.8, 4) is 22.6 Å². The van der Waals surface area contributed by atoms with Crippen LogP contribution in [0.1, 0.15) is 5.56 Å². The second-order valence-electron chi connectivity index (χ2n) is 3.56. The molecule has 0 saturated heterocycles. The molecule has 0 aliphatic rings. The van der Waals surface area contributed by atoms with Crippen molar-refractivity contribution in [1.82, 2.24) is 0 Å². The summed E-state index contributed by atoms with van der Waals surface area (Å²) < 4.78 is 0. The summed E-state index contributed by atoms with van der Waals surface area (Å²) in [4.78, 5) is 0. The molecule has 0 aliphatic carbocycles. The highest BCUT2D eigenvalue weighted by Crippen LogP contribution is 2.33. The van der Waals surface area contributed by atoms with Gasteiger partial charge >= 0.3 is 0 Å². The van der Waals surface area contributed by atoms with Crippen LogP contribution in [0.4, 0.5) is 0 Å². The van der Waals surface area contributed by atoms with Gasteiger partial charge in [0.2, 0.25) is 0 Å². The van der Waals surface area contributed by atoms with Crippen molar-refractivity contribution in [3.05, 3.63) is 48.0 Å². The molecular weight excluding hydrogens is 202 g/mol. The maximum Gasteiger partial charge on any atom is 0.123 e. The summed E-state index contributed by atoms with van der Waals surface area (Å²) in [7, 11) is 0. The molecule has 2 aromatic rings. The van der Waals surface area contributed by atoms with E-state index < -0.39 is 0 Å². The summed E-state index contributed by atoms with van der Waals surface area (Å²) in [5.74, 6) is 0.262. The minimum absolute atomic E-state index is 0.125. The molecule has 2 rings (SSSR count). The fraction of sp³-hybridized carbons (Fsp3) is 0.0769. The molecule has 3 nitrogen and oxygen atoms in total. The maximum absolute atomic E-state index is 9.76. The van der Waals surface area contributed by atoms with Crippen LogP contribution in [-0.4, -0.2) is 10.2 Å². The molecule has 0 atom stereocenters. The predicted molar refractivity (Wildman–Crippen MR) is 63.1 cm³/mol. The van der Waals surface area contributed by atoms with Gasteiger partial charge in [0.25, 0.3) is 0 Å². The van der Waals surface area contributed by atoms with Crippen LogP contribution in [0.5, 0.6) is 11.5 Å². The highest BCUT2D eigenvalue weighted by atomic mass is 16.3. The van der Waals surface area contributed by atoms with Crippen LogP contribution < -0.4 is 5.73 Å². The first-order chi connectivity index (χ1) is 7.72. The Kier molecular flexibility index (Phi) is 2.79. The number of benzene rings is 2. The van der Waals surface area contributed by atoms with E-state index in [2.05, 4.69) is 0 Å². The van der Waals surface area contributed by atoms with E-state index in [9.17, 15) is 10.2 Å². The third-order valence-electron chi connectivity index (χ3n) is 2.51.